The standard InChI is InChI=1S/C9H7N.C8H7N3O2/c1-2-6-9-8(4-1)5-3-7-10-9;1-5-7-4-6(11(12)13)2-3-8(7)10-9-5/h1-7H;2-4H,1H3,(H,9,10). The van der Waals surface area contributed by atoms with E-state index in [1.54, 1.807) is 6.07 Å². The summed E-state index contributed by atoms with van der Waals surface area (Å²) in [6.07, 6.45) is 1.81. The summed E-state index contributed by atoms with van der Waals surface area (Å²) in [6.45, 7) is 1.81. The molecule has 0 saturated heterocycles. The summed E-state index contributed by atoms with van der Waals surface area (Å²) in [5, 5.41) is 19.2. The summed E-state index contributed by atoms with van der Waals surface area (Å²) in [7, 11) is 0. The van der Waals surface area contributed by atoms with Crippen LogP contribution in [0.3, 0.4) is 0 Å². The number of rotatable bonds is 1. The zero-order chi connectivity index (χ0) is 16.2. The van der Waals surface area contributed by atoms with Crippen molar-refractivity contribution in [2.45, 2.75) is 6.92 Å². The molecule has 2 heterocycles. The first kappa shape index (κ1) is 14.6. The molecule has 0 atom stereocenters. The van der Waals surface area contributed by atoms with Crippen molar-refractivity contribution >= 4 is 27.5 Å². The van der Waals surface area contributed by atoms with Gasteiger partial charge in [-0.3, -0.25) is 20.2 Å². The van der Waals surface area contributed by atoms with Gasteiger partial charge in [0.25, 0.3) is 5.69 Å². The van der Waals surface area contributed by atoms with Crippen LogP contribution in [0.4, 0.5) is 5.69 Å². The van der Waals surface area contributed by atoms with Crippen LogP contribution in [0.1, 0.15) is 5.69 Å². The molecule has 2 aromatic carbocycles. The first-order valence-electron chi connectivity index (χ1n) is 7.04. The molecule has 0 aliphatic carbocycles. The molecular weight excluding hydrogens is 292 g/mol. The van der Waals surface area contributed by atoms with Crippen molar-refractivity contribution in [1.29, 1.82) is 0 Å². The Morgan fingerprint density at radius 3 is 2.65 bits per heavy atom. The van der Waals surface area contributed by atoms with Crippen LogP contribution in [0, 0.1) is 17.0 Å². The molecule has 0 aliphatic heterocycles. The quantitative estimate of drug-likeness (QED) is 0.425. The van der Waals surface area contributed by atoms with Crippen LogP contribution in [0.5, 0.6) is 0 Å². The molecule has 6 heteroatoms. The van der Waals surface area contributed by atoms with Gasteiger partial charge in [0.05, 0.1) is 21.7 Å². The topological polar surface area (TPSA) is 84.7 Å². The van der Waals surface area contributed by atoms with Gasteiger partial charge in [-0.15, -0.1) is 0 Å². The number of nitrogens with one attached hydrogen (secondary N) is 1. The van der Waals surface area contributed by atoms with Gasteiger partial charge in [0, 0.05) is 29.1 Å². The highest BCUT2D eigenvalue weighted by molar-refractivity contribution is 5.83. The molecule has 4 rings (SSSR count). The molecule has 1 N–H and O–H groups in total. The van der Waals surface area contributed by atoms with Crippen LogP contribution < -0.4 is 0 Å². The third kappa shape index (κ3) is 3.16. The molecule has 0 bridgehead atoms. The normalized spacial score (nSPS) is 10.3. The average Bonchev–Trinajstić information content (AvgIpc) is 2.96. The van der Waals surface area contributed by atoms with Crippen LogP contribution in [0.25, 0.3) is 21.8 Å². The third-order valence-corrected chi connectivity index (χ3v) is 3.46. The van der Waals surface area contributed by atoms with E-state index in [4.69, 9.17) is 0 Å². The van der Waals surface area contributed by atoms with Crippen molar-refractivity contribution in [3.05, 3.63) is 76.6 Å². The molecular formula is C17H14N4O2. The highest BCUT2D eigenvalue weighted by Crippen LogP contribution is 2.21. The molecule has 6 nitrogen and oxygen atoms in total. The summed E-state index contributed by atoms with van der Waals surface area (Å²) in [6, 6.07) is 16.7. The number of non-ortho nitro benzene ring substituents is 1. The highest BCUT2D eigenvalue weighted by Gasteiger charge is 2.08. The van der Waals surface area contributed by atoms with Gasteiger partial charge in [-0.05, 0) is 25.1 Å². The van der Waals surface area contributed by atoms with E-state index in [2.05, 4.69) is 27.3 Å². The molecule has 0 amide bonds. The van der Waals surface area contributed by atoms with Gasteiger partial charge >= 0.3 is 0 Å². The SMILES string of the molecule is Cc1n[nH]c2ccc([N+](=O)[O-])cc12.c1ccc2ncccc2c1. The van der Waals surface area contributed by atoms with Crippen molar-refractivity contribution in [2.75, 3.05) is 0 Å². The Morgan fingerprint density at radius 2 is 1.87 bits per heavy atom. The zero-order valence-electron chi connectivity index (χ0n) is 12.4. The Hall–Kier alpha value is -3.28. The van der Waals surface area contributed by atoms with Crippen molar-refractivity contribution < 1.29 is 4.92 Å². The number of benzene rings is 2. The molecule has 0 aliphatic rings. The number of nitro benzene ring substituents is 1. The molecule has 0 spiro atoms. The van der Waals surface area contributed by atoms with Gasteiger partial charge in [-0.1, -0.05) is 24.3 Å². The van der Waals surface area contributed by atoms with E-state index in [1.807, 2.05) is 37.4 Å². The van der Waals surface area contributed by atoms with Crippen molar-refractivity contribution in [3.63, 3.8) is 0 Å². The predicted octanol–water partition coefficient (Wildman–Crippen LogP) is 4.01. The fourth-order valence-electron chi connectivity index (χ4n) is 2.26. The lowest BCUT2D eigenvalue weighted by atomic mass is 10.2. The maximum Gasteiger partial charge on any atom is 0.270 e. The number of aromatic amines is 1. The molecule has 0 radical (unpaired) electrons. The Bertz CT molecular complexity index is 913. The number of fused-ring (bicyclic) bond motifs is 2. The number of H-pyrrole nitrogens is 1. The number of hydrogen-bond acceptors (Lipinski definition) is 4. The minimum atomic E-state index is -0.411. The van der Waals surface area contributed by atoms with E-state index in [9.17, 15) is 10.1 Å². The number of nitrogens with zero attached hydrogens (tertiary/aromatic N) is 3. The van der Waals surface area contributed by atoms with Crippen LogP contribution in [0.2, 0.25) is 0 Å². The number of pyridine rings is 1. The highest BCUT2D eigenvalue weighted by atomic mass is 16.6. The number of nitro groups is 1. The first-order valence-corrected chi connectivity index (χ1v) is 7.04. The van der Waals surface area contributed by atoms with E-state index in [0.717, 1.165) is 22.1 Å². The number of hydrogen-bond donors (Lipinski definition) is 1. The molecule has 4 aromatic rings. The second-order valence-electron chi connectivity index (χ2n) is 4.99. The van der Waals surface area contributed by atoms with Crippen molar-refractivity contribution in [1.82, 2.24) is 15.2 Å². The van der Waals surface area contributed by atoms with Crippen LogP contribution in [0.15, 0.2) is 60.8 Å². The summed E-state index contributed by atoms with van der Waals surface area (Å²) < 4.78 is 0. The lowest BCUT2D eigenvalue weighted by Gasteiger charge is -1.91. The van der Waals surface area contributed by atoms with Crippen molar-refractivity contribution in [2.24, 2.45) is 0 Å². The number of para-hydroxylation sites is 1. The number of aromatic nitrogens is 3. The van der Waals surface area contributed by atoms with E-state index in [-0.39, 0.29) is 5.69 Å². The zero-order valence-corrected chi connectivity index (χ0v) is 12.4. The average molecular weight is 306 g/mol. The summed E-state index contributed by atoms with van der Waals surface area (Å²) in [5.41, 5.74) is 2.75. The fourth-order valence-corrected chi connectivity index (χ4v) is 2.26. The molecule has 2 aromatic heterocycles. The fraction of sp³-hybridized carbons (Fsp3) is 0.0588. The van der Waals surface area contributed by atoms with E-state index in [0.29, 0.717) is 0 Å². The maximum atomic E-state index is 10.5. The molecule has 0 saturated carbocycles. The molecule has 0 fully saturated rings. The van der Waals surface area contributed by atoms with Gasteiger partial charge in [0.2, 0.25) is 0 Å². The Kier molecular flexibility index (Phi) is 3.97. The van der Waals surface area contributed by atoms with Gasteiger partial charge < -0.3 is 0 Å². The first-order chi connectivity index (χ1) is 11.1. The number of aryl methyl sites for hydroxylation is 1. The van der Waals surface area contributed by atoms with E-state index >= 15 is 0 Å². The Labute approximate surface area is 131 Å². The van der Waals surface area contributed by atoms with Crippen LogP contribution in [-0.2, 0) is 0 Å². The lowest BCUT2D eigenvalue weighted by Crippen LogP contribution is -1.86. The second-order valence-corrected chi connectivity index (χ2v) is 4.99. The summed E-state index contributed by atoms with van der Waals surface area (Å²) in [4.78, 5) is 14.2. The monoisotopic (exact) mass is 306 g/mol. The lowest BCUT2D eigenvalue weighted by molar-refractivity contribution is -0.384. The third-order valence-electron chi connectivity index (χ3n) is 3.46. The van der Waals surface area contributed by atoms with Crippen molar-refractivity contribution in [3.8, 4) is 0 Å². The minimum Gasteiger partial charge on any atom is -0.278 e. The molecule has 0 unspecified atom stereocenters. The van der Waals surface area contributed by atoms with Crippen LogP contribution in [-0.4, -0.2) is 20.1 Å². The summed E-state index contributed by atoms with van der Waals surface area (Å²) in [5.74, 6) is 0. The van der Waals surface area contributed by atoms with E-state index < -0.39 is 4.92 Å². The summed E-state index contributed by atoms with van der Waals surface area (Å²) >= 11 is 0. The molecule has 23 heavy (non-hydrogen) atoms. The second kappa shape index (κ2) is 6.23. The van der Waals surface area contributed by atoms with Gasteiger partial charge in [0.1, 0.15) is 0 Å². The van der Waals surface area contributed by atoms with E-state index in [1.165, 1.54) is 17.5 Å². The smallest absolute Gasteiger partial charge is 0.270 e. The maximum absolute atomic E-state index is 10.5. The Balaban J connectivity index is 0.000000140. The minimum absolute atomic E-state index is 0.0944. The predicted molar refractivity (Wildman–Crippen MR) is 89.2 cm³/mol. The van der Waals surface area contributed by atoms with Crippen LogP contribution >= 0.6 is 0 Å². The van der Waals surface area contributed by atoms with Gasteiger partial charge in [0.15, 0.2) is 0 Å². The van der Waals surface area contributed by atoms with Gasteiger partial charge in [-0.2, -0.15) is 5.10 Å². The van der Waals surface area contributed by atoms with Gasteiger partial charge in [-0.25, -0.2) is 0 Å². The largest absolute Gasteiger partial charge is 0.278 e. The molecule has 114 valence electrons. The Morgan fingerprint density at radius 1 is 1.09 bits per heavy atom.